The van der Waals surface area contributed by atoms with E-state index in [0.29, 0.717) is 55.6 Å². The smallest absolute Gasteiger partial charge is 0.253 e. The lowest BCUT2D eigenvalue weighted by Crippen LogP contribution is -2.50. The molecule has 0 spiro atoms. The van der Waals surface area contributed by atoms with Crippen LogP contribution in [-0.4, -0.2) is 57.9 Å². The molecule has 2 amide bonds. The molecule has 0 unspecified atom stereocenters. The molecule has 0 aliphatic carbocycles. The van der Waals surface area contributed by atoms with Crippen LogP contribution >= 0.6 is 0 Å². The molecule has 0 atom stereocenters. The molecule has 0 radical (unpaired) electrons. The molecule has 144 valence electrons. The first-order valence-corrected chi connectivity index (χ1v) is 9.19. The van der Waals surface area contributed by atoms with Crippen molar-refractivity contribution in [3.63, 3.8) is 0 Å². The average molecular weight is 380 g/mol. The number of aryl methyl sites for hydroxylation is 1. The maximum atomic E-state index is 12.5. The van der Waals surface area contributed by atoms with Crippen molar-refractivity contribution in [3.05, 3.63) is 60.2 Å². The minimum Gasteiger partial charge on any atom is -0.461 e. The summed E-state index contributed by atoms with van der Waals surface area (Å²) in [6.45, 7) is 2.11. The number of nitrogens with zero attached hydrogens (tertiary/aromatic N) is 4. The number of carbonyl (C=O) groups is 2. The summed E-state index contributed by atoms with van der Waals surface area (Å²) in [7, 11) is 0. The van der Waals surface area contributed by atoms with Gasteiger partial charge in [0.2, 0.25) is 17.6 Å². The lowest BCUT2D eigenvalue weighted by atomic mass is 10.1. The second-order valence-corrected chi connectivity index (χ2v) is 6.53. The molecule has 1 aliphatic heterocycles. The zero-order chi connectivity index (χ0) is 19.3. The fourth-order valence-electron chi connectivity index (χ4n) is 3.16. The molecule has 1 saturated heterocycles. The number of rotatable bonds is 5. The van der Waals surface area contributed by atoms with Crippen molar-refractivity contribution < 1.29 is 18.5 Å². The summed E-state index contributed by atoms with van der Waals surface area (Å²) >= 11 is 0. The molecule has 1 aromatic carbocycles. The highest BCUT2D eigenvalue weighted by molar-refractivity contribution is 5.94. The Morgan fingerprint density at radius 1 is 0.964 bits per heavy atom. The SMILES string of the molecule is O=C(CCc1nc(-c2ccco2)no1)N1CCN(C(=O)c2ccccc2)CC1. The van der Waals surface area contributed by atoms with E-state index >= 15 is 0 Å². The zero-order valence-electron chi connectivity index (χ0n) is 15.3. The number of aromatic nitrogens is 2. The van der Waals surface area contributed by atoms with E-state index in [0.717, 1.165) is 0 Å². The molecule has 2 aromatic heterocycles. The Kier molecular flexibility index (Phi) is 5.18. The van der Waals surface area contributed by atoms with Gasteiger partial charge in [0.1, 0.15) is 0 Å². The third kappa shape index (κ3) is 3.95. The molecule has 0 N–H and O–H groups in total. The van der Waals surface area contributed by atoms with Crippen LogP contribution in [0.2, 0.25) is 0 Å². The molecule has 1 fully saturated rings. The highest BCUT2D eigenvalue weighted by Crippen LogP contribution is 2.17. The molecule has 0 saturated carbocycles. The first kappa shape index (κ1) is 18.0. The number of amides is 2. The monoisotopic (exact) mass is 380 g/mol. The van der Waals surface area contributed by atoms with Gasteiger partial charge in [0.25, 0.3) is 5.91 Å². The fourth-order valence-corrected chi connectivity index (χ4v) is 3.16. The predicted molar refractivity (Wildman–Crippen MR) is 99.2 cm³/mol. The van der Waals surface area contributed by atoms with E-state index in [9.17, 15) is 9.59 Å². The number of benzene rings is 1. The lowest BCUT2D eigenvalue weighted by molar-refractivity contribution is -0.132. The molecular formula is C20H20N4O4. The Bertz CT molecular complexity index is 928. The maximum Gasteiger partial charge on any atom is 0.253 e. The second kappa shape index (κ2) is 8.08. The summed E-state index contributed by atoms with van der Waals surface area (Å²) in [6.07, 6.45) is 2.19. The average Bonchev–Trinajstić information content (AvgIpc) is 3.44. The highest BCUT2D eigenvalue weighted by Gasteiger charge is 2.25. The molecule has 8 heteroatoms. The van der Waals surface area contributed by atoms with Crippen molar-refractivity contribution in [2.45, 2.75) is 12.8 Å². The van der Waals surface area contributed by atoms with Gasteiger partial charge in [-0.15, -0.1) is 0 Å². The van der Waals surface area contributed by atoms with Crippen LogP contribution in [0.5, 0.6) is 0 Å². The molecule has 8 nitrogen and oxygen atoms in total. The molecule has 0 bridgehead atoms. The fraction of sp³-hybridized carbons (Fsp3) is 0.300. The first-order chi connectivity index (χ1) is 13.7. The number of furan rings is 1. The van der Waals surface area contributed by atoms with Gasteiger partial charge >= 0.3 is 0 Å². The van der Waals surface area contributed by atoms with Crippen LogP contribution in [0.1, 0.15) is 22.7 Å². The van der Waals surface area contributed by atoms with Gasteiger partial charge < -0.3 is 18.7 Å². The summed E-state index contributed by atoms with van der Waals surface area (Å²) < 4.78 is 10.4. The number of hydrogen-bond acceptors (Lipinski definition) is 6. The van der Waals surface area contributed by atoms with Crippen molar-refractivity contribution >= 4 is 11.8 Å². The van der Waals surface area contributed by atoms with Crippen molar-refractivity contribution in [3.8, 4) is 11.6 Å². The maximum absolute atomic E-state index is 12.5. The van der Waals surface area contributed by atoms with E-state index in [1.807, 2.05) is 18.2 Å². The Morgan fingerprint density at radius 3 is 2.43 bits per heavy atom. The van der Waals surface area contributed by atoms with Gasteiger partial charge in [-0.1, -0.05) is 23.4 Å². The van der Waals surface area contributed by atoms with Crippen LogP contribution in [0.3, 0.4) is 0 Å². The zero-order valence-corrected chi connectivity index (χ0v) is 15.3. The van der Waals surface area contributed by atoms with E-state index in [1.54, 1.807) is 34.1 Å². The normalized spacial score (nSPS) is 14.3. The third-order valence-electron chi connectivity index (χ3n) is 4.70. The highest BCUT2D eigenvalue weighted by atomic mass is 16.5. The van der Waals surface area contributed by atoms with Crippen LogP contribution in [0, 0.1) is 0 Å². The van der Waals surface area contributed by atoms with Gasteiger partial charge in [-0.3, -0.25) is 9.59 Å². The number of piperazine rings is 1. The van der Waals surface area contributed by atoms with E-state index in [1.165, 1.54) is 6.26 Å². The number of carbonyl (C=O) groups excluding carboxylic acids is 2. The Hall–Kier alpha value is -3.42. The van der Waals surface area contributed by atoms with Crippen molar-refractivity contribution in [1.82, 2.24) is 19.9 Å². The van der Waals surface area contributed by atoms with E-state index < -0.39 is 0 Å². The Morgan fingerprint density at radius 2 is 1.71 bits per heavy atom. The standard InChI is InChI=1S/C20H20N4O4/c25-18(9-8-17-21-19(22-28-17)16-7-4-14-27-16)23-10-12-24(13-11-23)20(26)15-5-2-1-3-6-15/h1-7,14H,8-13H2. The van der Waals surface area contributed by atoms with E-state index in [-0.39, 0.29) is 18.2 Å². The van der Waals surface area contributed by atoms with Gasteiger partial charge in [-0.2, -0.15) is 4.98 Å². The quantitative estimate of drug-likeness (QED) is 0.674. The third-order valence-corrected chi connectivity index (χ3v) is 4.70. The van der Waals surface area contributed by atoms with Crippen molar-refractivity contribution in [1.29, 1.82) is 0 Å². The summed E-state index contributed by atoms with van der Waals surface area (Å²) in [6, 6.07) is 12.7. The molecule has 3 heterocycles. The van der Waals surface area contributed by atoms with Gasteiger partial charge in [0, 0.05) is 44.6 Å². The van der Waals surface area contributed by atoms with E-state index in [4.69, 9.17) is 8.94 Å². The largest absolute Gasteiger partial charge is 0.461 e. The minimum absolute atomic E-state index is 0.00372. The van der Waals surface area contributed by atoms with E-state index in [2.05, 4.69) is 10.1 Å². The number of hydrogen-bond donors (Lipinski definition) is 0. The van der Waals surface area contributed by atoms with Crippen LogP contribution in [-0.2, 0) is 11.2 Å². The molecule has 4 rings (SSSR count). The predicted octanol–water partition coefficient (Wildman–Crippen LogP) is 2.25. The molecule has 28 heavy (non-hydrogen) atoms. The Balaban J connectivity index is 1.26. The summed E-state index contributed by atoms with van der Waals surface area (Å²) in [5.74, 6) is 1.33. The topological polar surface area (TPSA) is 92.7 Å². The molecule has 1 aliphatic rings. The lowest BCUT2D eigenvalue weighted by Gasteiger charge is -2.34. The van der Waals surface area contributed by atoms with Gasteiger partial charge in [0.05, 0.1) is 6.26 Å². The molecular weight excluding hydrogens is 360 g/mol. The second-order valence-electron chi connectivity index (χ2n) is 6.53. The minimum atomic E-state index is 0.00372. The summed E-state index contributed by atoms with van der Waals surface area (Å²) in [4.78, 5) is 32.7. The van der Waals surface area contributed by atoms with Crippen LogP contribution in [0.4, 0.5) is 0 Å². The molecule has 3 aromatic rings. The first-order valence-electron chi connectivity index (χ1n) is 9.19. The van der Waals surface area contributed by atoms with Crippen LogP contribution in [0.25, 0.3) is 11.6 Å². The van der Waals surface area contributed by atoms with Crippen LogP contribution in [0.15, 0.2) is 57.7 Å². The summed E-state index contributed by atoms with van der Waals surface area (Å²) in [5.41, 5.74) is 0.672. The Labute approximate surface area is 161 Å². The van der Waals surface area contributed by atoms with Crippen molar-refractivity contribution in [2.24, 2.45) is 0 Å². The summed E-state index contributed by atoms with van der Waals surface area (Å²) in [5, 5.41) is 3.86. The van der Waals surface area contributed by atoms with Crippen LogP contribution < -0.4 is 0 Å². The van der Waals surface area contributed by atoms with Gasteiger partial charge in [-0.25, -0.2) is 0 Å². The van der Waals surface area contributed by atoms with Crippen molar-refractivity contribution in [2.75, 3.05) is 26.2 Å². The van der Waals surface area contributed by atoms with Gasteiger partial charge in [-0.05, 0) is 24.3 Å². The van der Waals surface area contributed by atoms with Gasteiger partial charge in [0.15, 0.2) is 5.76 Å².